The van der Waals surface area contributed by atoms with Crippen molar-refractivity contribution in [3.63, 3.8) is 0 Å². The molecule has 5 rings (SSSR count). The van der Waals surface area contributed by atoms with Gasteiger partial charge < -0.3 is 34.3 Å². The number of carbonyl (C=O) groups excluding carboxylic acids is 2. The highest BCUT2D eigenvalue weighted by Gasteiger charge is 2.42. The molecule has 2 N–H and O–H groups in total. The number of methoxy groups -OCH3 is 2. The minimum absolute atomic E-state index is 0.0880. The van der Waals surface area contributed by atoms with E-state index in [0.29, 0.717) is 47.2 Å². The number of amides is 2. The molecule has 1 saturated heterocycles. The molecule has 2 aromatic carbocycles. The average molecular weight is 656 g/mol. The molecule has 1 atom stereocenters. The third-order valence-electron chi connectivity index (χ3n) is 7.77. The first-order chi connectivity index (χ1) is 21.8. The molecular weight excluding hydrogens is 617 g/mol. The molecule has 1 aliphatic heterocycles. The Hall–Kier alpha value is -4.09. The van der Waals surface area contributed by atoms with Crippen LogP contribution < -0.4 is 19.5 Å². The first-order valence-corrected chi connectivity index (χ1v) is 15.5. The molecule has 0 bridgehead atoms. The summed E-state index contributed by atoms with van der Waals surface area (Å²) in [5, 5.41) is 15.0. The zero-order chi connectivity index (χ0) is 33.2. The second-order valence-corrected chi connectivity index (χ2v) is 13.1. The Morgan fingerprint density at radius 1 is 1.02 bits per heavy atom. The number of ether oxygens (including phenoxy) is 4. The monoisotopic (exact) mass is 655 g/mol. The first-order valence-electron chi connectivity index (χ1n) is 15.1. The summed E-state index contributed by atoms with van der Waals surface area (Å²) >= 11 is 6.07. The number of pyridine rings is 1. The van der Waals surface area contributed by atoms with Crippen LogP contribution in [0.25, 0.3) is 11.3 Å². The van der Waals surface area contributed by atoms with Gasteiger partial charge in [-0.15, -0.1) is 0 Å². The highest BCUT2D eigenvalue weighted by Crippen LogP contribution is 2.38. The third kappa shape index (κ3) is 7.82. The number of aromatic nitrogens is 1. The molecule has 0 radical (unpaired) electrons. The predicted molar refractivity (Wildman–Crippen MR) is 170 cm³/mol. The van der Waals surface area contributed by atoms with Gasteiger partial charge in [0.05, 0.1) is 37.6 Å². The second-order valence-electron chi connectivity index (χ2n) is 12.7. The van der Waals surface area contributed by atoms with Crippen LogP contribution in [0.1, 0.15) is 56.1 Å². The van der Waals surface area contributed by atoms with E-state index in [1.807, 2.05) is 0 Å². The lowest BCUT2D eigenvalue weighted by molar-refractivity contribution is -0.0380. The Kier molecular flexibility index (Phi) is 9.65. The number of nitrogens with zero attached hydrogens (tertiary/aromatic N) is 2. The Balaban J connectivity index is 1.40. The number of carbonyl (C=O) groups is 2. The van der Waals surface area contributed by atoms with Gasteiger partial charge >= 0.3 is 6.09 Å². The van der Waals surface area contributed by atoms with Crippen molar-refractivity contribution in [3.8, 4) is 28.5 Å². The van der Waals surface area contributed by atoms with Crippen LogP contribution in [0.15, 0.2) is 48.5 Å². The van der Waals surface area contributed by atoms with Crippen molar-refractivity contribution in [3.05, 3.63) is 70.6 Å². The van der Waals surface area contributed by atoms with E-state index in [4.69, 9.17) is 35.5 Å². The van der Waals surface area contributed by atoms with E-state index in [-0.39, 0.29) is 35.7 Å². The van der Waals surface area contributed by atoms with Gasteiger partial charge in [0.2, 0.25) is 0 Å². The summed E-state index contributed by atoms with van der Waals surface area (Å²) < 4.78 is 36.3. The predicted octanol–water partition coefficient (Wildman–Crippen LogP) is 5.97. The van der Waals surface area contributed by atoms with Crippen LogP contribution in [-0.4, -0.2) is 72.5 Å². The maximum atomic E-state index is 14.0. The van der Waals surface area contributed by atoms with E-state index in [9.17, 15) is 19.1 Å². The summed E-state index contributed by atoms with van der Waals surface area (Å²) in [6.07, 6.45) is 1.87. The lowest BCUT2D eigenvalue weighted by Gasteiger charge is -2.43. The summed E-state index contributed by atoms with van der Waals surface area (Å²) in [4.78, 5) is 32.2. The van der Waals surface area contributed by atoms with Gasteiger partial charge in [-0.1, -0.05) is 11.6 Å². The normalized spacial score (nSPS) is 16.2. The molecule has 2 fully saturated rings. The summed E-state index contributed by atoms with van der Waals surface area (Å²) in [5.74, 6) is 0.263. The van der Waals surface area contributed by atoms with Gasteiger partial charge in [0, 0.05) is 24.2 Å². The number of nitrogens with one attached hydrogen (secondary N) is 1. The minimum Gasteiger partial charge on any atom is -0.494 e. The quantitative estimate of drug-likeness (QED) is 0.259. The zero-order valence-corrected chi connectivity index (χ0v) is 27.3. The molecule has 2 amide bonds. The molecule has 2 heterocycles. The SMILES string of the molecule is COc1cc(C(=O)NCC(O)(CC2CN(C(=O)OC(C)(C)C)C2)c2ccc(OC)c(-c3ccc(F)c(Cl)c3)n2)ccc1OC1CC1. The number of likely N-dealkylation sites (tertiary alicyclic amines) is 1. The van der Waals surface area contributed by atoms with Crippen molar-refractivity contribution in [1.82, 2.24) is 15.2 Å². The Bertz CT molecular complexity index is 1600. The van der Waals surface area contributed by atoms with Crippen LogP contribution in [0, 0.1) is 11.7 Å². The molecule has 10 nitrogen and oxygen atoms in total. The van der Waals surface area contributed by atoms with Gasteiger partial charge in [0.25, 0.3) is 5.91 Å². The molecule has 0 spiro atoms. The van der Waals surface area contributed by atoms with Gasteiger partial charge in [0.15, 0.2) is 11.5 Å². The van der Waals surface area contributed by atoms with Gasteiger partial charge in [0.1, 0.15) is 28.5 Å². The standard InChI is InChI=1S/C34H39ClFN3O7/c1-33(2,3)46-32(41)39-17-20(18-39)16-34(42,19-37-31(40)22-7-11-26(28(15-22)44-5)45-23-8-9-23)29-13-12-27(43-4)30(38-29)21-6-10-25(36)24(35)14-21/h6-7,10-15,20,23,42H,8-9,16-19H2,1-5H3,(H,37,40). The molecule has 1 aliphatic carbocycles. The van der Waals surface area contributed by atoms with Crippen molar-refractivity contribution in [2.24, 2.45) is 5.92 Å². The molecular formula is C34H39ClFN3O7. The van der Waals surface area contributed by atoms with Crippen molar-refractivity contribution < 1.29 is 38.0 Å². The summed E-state index contributed by atoms with van der Waals surface area (Å²) in [5.41, 5.74) is -0.893. The fourth-order valence-electron chi connectivity index (χ4n) is 5.24. The molecule has 1 aromatic heterocycles. The van der Waals surface area contributed by atoms with E-state index in [1.54, 1.807) is 56.0 Å². The van der Waals surface area contributed by atoms with Crippen molar-refractivity contribution in [2.45, 2.75) is 57.3 Å². The Morgan fingerprint density at radius 3 is 2.35 bits per heavy atom. The smallest absolute Gasteiger partial charge is 0.410 e. The number of aliphatic hydroxyl groups is 1. The van der Waals surface area contributed by atoms with E-state index >= 15 is 0 Å². The summed E-state index contributed by atoms with van der Waals surface area (Å²) in [7, 11) is 2.99. The first kappa shape index (κ1) is 33.3. The lowest BCUT2D eigenvalue weighted by atomic mass is 9.83. The largest absolute Gasteiger partial charge is 0.494 e. The average Bonchev–Trinajstić information content (AvgIpc) is 3.82. The van der Waals surface area contributed by atoms with Crippen LogP contribution in [0.5, 0.6) is 17.2 Å². The van der Waals surface area contributed by atoms with E-state index in [1.165, 1.54) is 32.4 Å². The number of hydrogen-bond donors (Lipinski definition) is 2. The molecule has 46 heavy (non-hydrogen) atoms. The van der Waals surface area contributed by atoms with E-state index < -0.39 is 29.0 Å². The molecule has 12 heteroatoms. The van der Waals surface area contributed by atoms with Crippen molar-refractivity contribution >= 4 is 23.6 Å². The number of rotatable bonds is 11. The molecule has 1 unspecified atom stereocenters. The van der Waals surface area contributed by atoms with Crippen LogP contribution >= 0.6 is 11.6 Å². The van der Waals surface area contributed by atoms with Crippen molar-refractivity contribution in [2.75, 3.05) is 33.9 Å². The minimum atomic E-state index is -1.66. The fourth-order valence-corrected chi connectivity index (χ4v) is 5.42. The molecule has 1 saturated carbocycles. The Labute approximate surface area is 272 Å². The van der Waals surface area contributed by atoms with Gasteiger partial charge in [-0.25, -0.2) is 14.2 Å². The number of halogens is 2. The highest BCUT2D eigenvalue weighted by atomic mass is 35.5. The summed E-state index contributed by atoms with van der Waals surface area (Å²) in [6.45, 7) is 5.93. The maximum absolute atomic E-state index is 14.0. The second kappa shape index (κ2) is 13.3. The van der Waals surface area contributed by atoms with Gasteiger partial charge in [-0.05, 0) is 94.5 Å². The topological polar surface area (TPSA) is 119 Å². The number of hydrogen-bond acceptors (Lipinski definition) is 8. The zero-order valence-electron chi connectivity index (χ0n) is 26.6. The van der Waals surface area contributed by atoms with Gasteiger partial charge in [-0.2, -0.15) is 0 Å². The van der Waals surface area contributed by atoms with Crippen LogP contribution in [0.2, 0.25) is 5.02 Å². The lowest BCUT2D eigenvalue weighted by Crippen LogP contribution is -2.54. The van der Waals surface area contributed by atoms with E-state index in [0.717, 1.165) is 12.8 Å². The van der Waals surface area contributed by atoms with Crippen LogP contribution in [-0.2, 0) is 10.3 Å². The summed E-state index contributed by atoms with van der Waals surface area (Å²) in [6, 6.07) is 12.4. The molecule has 3 aromatic rings. The highest BCUT2D eigenvalue weighted by molar-refractivity contribution is 6.31. The van der Waals surface area contributed by atoms with E-state index in [2.05, 4.69) is 5.32 Å². The molecule has 246 valence electrons. The molecule has 2 aliphatic rings. The number of benzene rings is 2. The fraction of sp³-hybridized carbons (Fsp3) is 0.441. The Morgan fingerprint density at radius 2 is 1.72 bits per heavy atom. The third-order valence-corrected chi connectivity index (χ3v) is 8.06. The van der Waals surface area contributed by atoms with Gasteiger partial charge in [-0.3, -0.25) is 4.79 Å². The maximum Gasteiger partial charge on any atom is 0.410 e. The van der Waals surface area contributed by atoms with Crippen LogP contribution in [0.4, 0.5) is 9.18 Å². The van der Waals surface area contributed by atoms with Crippen molar-refractivity contribution in [1.29, 1.82) is 0 Å². The van der Waals surface area contributed by atoms with Crippen LogP contribution in [0.3, 0.4) is 0 Å².